The molecule has 2 aromatic carbocycles. The molecule has 1 fully saturated rings. The topological polar surface area (TPSA) is 35.7 Å². The number of para-hydroxylation sites is 1. The van der Waals surface area contributed by atoms with Gasteiger partial charge in [-0.25, -0.2) is 0 Å². The van der Waals surface area contributed by atoms with Crippen LogP contribution in [0.1, 0.15) is 16.7 Å². The van der Waals surface area contributed by atoms with Crippen LogP contribution in [-0.2, 0) is 19.5 Å². The maximum atomic E-state index is 5.93. The molecule has 4 nitrogen and oxygen atoms in total. The van der Waals surface area contributed by atoms with E-state index in [0.717, 1.165) is 57.9 Å². The number of nitrogens with two attached hydrogens (primary N) is 1. The SMILES string of the molecule is CN1CCN(c2ccccc2CCN2Cc3ccc(N)cc3C2)CC1. The number of piperazine rings is 1. The van der Waals surface area contributed by atoms with E-state index in [1.165, 1.54) is 22.4 Å². The third-order valence-corrected chi connectivity index (χ3v) is 5.55. The van der Waals surface area contributed by atoms with Crippen LogP contribution in [0.15, 0.2) is 42.5 Å². The molecule has 0 amide bonds. The van der Waals surface area contributed by atoms with E-state index in [0.29, 0.717) is 0 Å². The summed E-state index contributed by atoms with van der Waals surface area (Å²) in [4.78, 5) is 7.49. The van der Waals surface area contributed by atoms with Gasteiger partial charge in [-0.2, -0.15) is 0 Å². The highest BCUT2D eigenvalue weighted by Crippen LogP contribution is 2.26. The van der Waals surface area contributed by atoms with Crippen LogP contribution in [0.5, 0.6) is 0 Å². The van der Waals surface area contributed by atoms with Crippen molar-refractivity contribution in [3.8, 4) is 0 Å². The molecule has 2 N–H and O–H groups in total. The summed E-state index contributed by atoms with van der Waals surface area (Å²) >= 11 is 0. The monoisotopic (exact) mass is 336 g/mol. The van der Waals surface area contributed by atoms with Crippen molar-refractivity contribution < 1.29 is 0 Å². The van der Waals surface area contributed by atoms with Crippen LogP contribution in [0.2, 0.25) is 0 Å². The Morgan fingerprint density at radius 2 is 1.68 bits per heavy atom. The molecule has 2 heterocycles. The highest BCUT2D eigenvalue weighted by molar-refractivity contribution is 5.54. The predicted octanol–water partition coefficient (Wildman–Crippen LogP) is 2.58. The van der Waals surface area contributed by atoms with Gasteiger partial charge in [0.05, 0.1) is 0 Å². The van der Waals surface area contributed by atoms with E-state index in [-0.39, 0.29) is 0 Å². The lowest BCUT2D eigenvalue weighted by atomic mass is 10.1. The molecule has 2 aromatic rings. The van der Waals surface area contributed by atoms with Crippen molar-refractivity contribution in [3.05, 3.63) is 59.2 Å². The molecular weight excluding hydrogens is 308 g/mol. The molecule has 0 radical (unpaired) electrons. The fraction of sp³-hybridized carbons (Fsp3) is 0.429. The summed E-state index contributed by atoms with van der Waals surface area (Å²) in [5, 5.41) is 0. The van der Waals surface area contributed by atoms with Crippen LogP contribution < -0.4 is 10.6 Å². The van der Waals surface area contributed by atoms with Crippen molar-refractivity contribution in [2.75, 3.05) is 50.4 Å². The summed E-state index contributed by atoms with van der Waals surface area (Å²) < 4.78 is 0. The number of nitrogen functional groups attached to an aromatic ring is 1. The Hall–Kier alpha value is -2.04. The van der Waals surface area contributed by atoms with Crippen LogP contribution in [0.4, 0.5) is 11.4 Å². The van der Waals surface area contributed by atoms with Crippen molar-refractivity contribution in [1.82, 2.24) is 9.80 Å². The number of likely N-dealkylation sites (N-methyl/N-ethyl adjacent to an activating group) is 1. The minimum absolute atomic E-state index is 0.876. The standard InChI is InChI=1S/C21H28N4/c1-23-10-12-25(13-11-23)21-5-3-2-4-17(21)8-9-24-15-18-6-7-20(22)14-19(18)16-24/h2-7,14H,8-13,15-16,22H2,1H3. The zero-order chi connectivity index (χ0) is 17.2. The lowest BCUT2D eigenvalue weighted by Gasteiger charge is -2.35. The van der Waals surface area contributed by atoms with Gasteiger partial charge in [0.15, 0.2) is 0 Å². The second-order valence-electron chi connectivity index (χ2n) is 7.41. The summed E-state index contributed by atoms with van der Waals surface area (Å²) in [5.74, 6) is 0. The van der Waals surface area contributed by atoms with Crippen LogP contribution in [-0.4, -0.2) is 49.6 Å². The molecular formula is C21H28N4. The molecule has 4 rings (SSSR count). The molecule has 25 heavy (non-hydrogen) atoms. The molecule has 0 aromatic heterocycles. The number of anilines is 2. The molecule has 0 atom stereocenters. The molecule has 132 valence electrons. The van der Waals surface area contributed by atoms with Gasteiger partial charge in [0.1, 0.15) is 0 Å². The van der Waals surface area contributed by atoms with E-state index in [1.54, 1.807) is 0 Å². The van der Waals surface area contributed by atoms with Crippen molar-refractivity contribution in [3.63, 3.8) is 0 Å². The fourth-order valence-corrected chi connectivity index (χ4v) is 4.00. The summed E-state index contributed by atoms with van der Waals surface area (Å²) in [5.41, 5.74) is 12.5. The third kappa shape index (κ3) is 3.65. The molecule has 0 spiro atoms. The average Bonchev–Trinajstić information content (AvgIpc) is 3.03. The van der Waals surface area contributed by atoms with E-state index >= 15 is 0 Å². The molecule has 4 heteroatoms. The first kappa shape index (κ1) is 16.4. The van der Waals surface area contributed by atoms with E-state index < -0.39 is 0 Å². The average molecular weight is 336 g/mol. The van der Waals surface area contributed by atoms with E-state index in [2.05, 4.69) is 58.1 Å². The number of rotatable bonds is 4. The molecule has 0 aliphatic carbocycles. The van der Waals surface area contributed by atoms with Gasteiger partial charge in [0.25, 0.3) is 0 Å². The van der Waals surface area contributed by atoms with E-state index in [4.69, 9.17) is 5.73 Å². The molecule has 1 saturated heterocycles. The summed E-state index contributed by atoms with van der Waals surface area (Å²) in [6, 6.07) is 15.3. The first-order valence-corrected chi connectivity index (χ1v) is 9.30. The predicted molar refractivity (Wildman–Crippen MR) is 105 cm³/mol. The van der Waals surface area contributed by atoms with Crippen molar-refractivity contribution in [2.45, 2.75) is 19.5 Å². The van der Waals surface area contributed by atoms with Gasteiger partial charge in [0.2, 0.25) is 0 Å². The molecule has 2 aliphatic heterocycles. The van der Waals surface area contributed by atoms with E-state index in [9.17, 15) is 0 Å². The third-order valence-electron chi connectivity index (χ3n) is 5.55. The van der Waals surface area contributed by atoms with Crippen LogP contribution in [0.25, 0.3) is 0 Å². The normalized spacial score (nSPS) is 18.5. The minimum Gasteiger partial charge on any atom is -0.399 e. The van der Waals surface area contributed by atoms with Gasteiger partial charge < -0.3 is 15.5 Å². The van der Waals surface area contributed by atoms with Crippen molar-refractivity contribution in [2.24, 2.45) is 0 Å². The zero-order valence-corrected chi connectivity index (χ0v) is 15.1. The van der Waals surface area contributed by atoms with Gasteiger partial charge in [0, 0.05) is 57.2 Å². The highest BCUT2D eigenvalue weighted by Gasteiger charge is 2.20. The zero-order valence-electron chi connectivity index (χ0n) is 15.1. The largest absolute Gasteiger partial charge is 0.399 e. The second kappa shape index (κ2) is 7.06. The van der Waals surface area contributed by atoms with Gasteiger partial charge >= 0.3 is 0 Å². The van der Waals surface area contributed by atoms with Crippen molar-refractivity contribution in [1.29, 1.82) is 0 Å². The number of hydrogen-bond donors (Lipinski definition) is 1. The quantitative estimate of drug-likeness (QED) is 0.871. The fourth-order valence-electron chi connectivity index (χ4n) is 4.00. The molecule has 0 saturated carbocycles. The molecule has 0 unspecified atom stereocenters. The summed E-state index contributed by atoms with van der Waals surface area (Å²) in [7, 11) is 2.21. The smallest absolute Gasteiger partial charge is 0.0400 e. The number of benzene rings is 2. The maximum absolute atomic E-state index is 5.93. The second-order valence-corrected chi connectivity index (χ2v) is 7.41. The number of hydrogen-bond acceptors (Lipinski definition) is 4. The van der Waals surface area contributed by atoms with E-state index in [1.807, 2.05) is 6.07 Å². The van der Waals surface area contributed by atoms with Gasteiger partial charge in [-0.05, 0) is 48.4 Å². The van der Waals surface area contributed by atoms with Gasteiger partial charge in [-0.1, -0.05) is 24.3 Å². The Labute approximate surface area is 150 Å². The first-order valence-electron chi connectivity index (χ1n) is 9.30. The number of fused-ring (bicyclic) bond motifs is 1. The van der Waals surface area contributed by atoms with Crippen molar-refractivity contribution >= 4 is 11.4 Å². The molecule has 2 aliphatic rings. The Bertz CT molecular complexity index is 734. The van der Waals surface area contributed by atoms with Gasteiger partial charge in [-0.3, -0.25) is 4.90 Å². The highest BCUT2D eigenvalue weighted by atomic mass is 15.2. The number of nitrogens with zero attached hydrogens (tertiary/aromatic N) is 3. The Balaban J connectivity index is 1.41. The minimum atomic E-state index is 0.876. The molecule has 0 bridgehead atoms. The van der Waals surface area contributed by atoms with Gasteiger partial charge in [-0.15, -0.1) is 0 Å². The Morgan fingerprint density at radius 1 is 0.920 bits per heavy atom. The lowest BCUT2D eigenvalue weighted by Crippen LogP contribution is -2.44. The Morgan fingerprint density at radius 3 is 2.52 bits per heavy atom. The lowest BCUT2D eigenvalue weighted by molar-refractivity contribution is 0.287. The maximum Gasteiger partial charge on any atom is 0.0400 e. The summed E-state index contributed by atoms with van der Waals surface area (Å²) in [6.45, 7) is 7.72. The van der Waals surface area contributed by atoms with Crippen LogP contribution in [0.3, 0.4) is 0 Å². The first-order chi connectivity index (χ1) is 12.2. The van der Waals surface area contributed by atoms with Crippen LogP contribution in [0, 0.1) is 0 Å². The summed E-state index contributed by atoms with van der Waals surface area (Å²) in [6.07, 6.45) is 1.10. The van der Waals surface area contributed by atoms with Crippen LogP contribution >= 0.6 is 0 Å². The Kier molecular flexibility index (Phi) is 4.64.